The minimum atomic E-state index is -4.69. The van der Waals surface area contributed by atoms with Gasteiger partial charge in [0, 0.05) is 6.54 Å². The molecule has 29 heavy (non-hydrogen) atoms. The highest BCUT2D eigenvalue weighted by Gasteiger charge is 2.34. The first-order valence-corrected chi connectivity index (χ1v) is 8.58. The number of hydrogen-bond donors (Lipinski definition) is 3. The Labute approximate surface area is 163 Å². The lowest BCUT2D eigenvalue weighted by molar-refractivity contribution is -0.138. The maximum absolute atomic E-state index is 13.0. The number of benzene rings is 2. The molecule has 10 heteroatoms. The number of amides is 2. The fourth-order valence-corrected chi connectivity index (χ4v) is 2.67. The highest BCUT2D eigenvalue weighted by molar-refractivity contribution is 6.39. The number of fused-ring (bicyclic) bond motifs is 1. The van der Waals surface area contributed by atoms with Gasteiger partial charge in [0.15, 0.2) is 11.5 Å². The monoisotopic (exact) mass is 410 g/mol. The van der Waals surface area contributed by atoms with Gasteiger partial charge in [0.1, 0.15) is 13.2 Å². The third-order valence-corrected chi connectivity index (χ3v) is 4.09. The predicted octanol–water partition coefficient (Wildman–Crippen LogP) is 2.26. The van der Waals surface area contributed by atoms with Crippen LogP contribution in [-0.2, 0) is 15.8 Å². The summed E-state index contributed by atoms with van der Waals surface area (Å²) < 4.78 is 49.6. The molecule has 3 N–H and O–H groups in total. The van der Waals surface area contributed by atoms with Crippen LogP contribution in [0.1, 0.15) is 17.2 Å². The van der Waals surface area contributed by atoms with Crippen LogP contribution in [0.25, 0.3) is 0 Å². The molecule has 0 unspecified atom stereocenters. The molecule has 1 aliphatic rings. The van der Waals surface area contributed by atoms with Crippen LogP contribution in [-0.4, -0.2) is 36.7 Å². The van der Waals surface area contributed by atoms with E-state index < -0.39 is 35.3 Å². The van der Waals surface area contributed by atoms with Crippen LogP contribution in [0.3, 0.4) is 0 Å². The summed E-state index contributed by atoms with van der Waals surface area (Å²) in [7, 11) is 0. The van der Waals surface area contributed by atoms with Crippen molar-refractivity contribution >= 4 is 17.5 Å². The second kappa shape index (κ2) is 8.39. The van der Waals surface area contributed by atoms with E-state index >= 15 is 0 Å². The molecular weight excluding hydrogens is 393 g/mol. The molecule has 2 aromatic rings. The molecule has 0 saturated carbocycles. The van der Waals surface area contributed by atoms with Gasteiger partial charge in [-0.2, -0.15) is 13.2 Å². The van der Waals surface area contributed by atoms with Crippen molar-refractivity contribution in [3.8, 4) is 11.5 Å². The highest BCUT2D eigenvalue weighted by Crippen LogP contribution is 2.34. The summed E-state index contributed by atoms with van der Waals surface area (Å²) in [5.41, 5.74) is -1.19. The number of nitrogens with one attached hydrogen (secondary N) is 2. The molecule has 0 bridgehead atoms. The van der Waals surface area contributed by atoms with Crippen LogP contribution in [0, 0.1) is 0 Å². The van der Waals surface area contributed by atoms with Crippen molar-refractivity contribution in [1.82, 2.24) is 5.32 Å². The van der Waals surface area contributed by atoms with Gasteiger partial charge in [-0.25, -0.2) is 0 Å². The zero-order chi connectivity index (χ0) is 21.0. The number of halogens is 3. The molecule has 2 amide bonds. The summed E-state index contributed by atoms with van der Waals surface area (Å²) >= 11 is 0. The smallest absolute Gasteiger partial charge is 0.418 e. The van der Waals surface area contributed by atoms with E-state index in [1.165, 1.54) is 12.1 Å². The van der Waals surface area contributed by atoms with E-state index in [2.05, 4.69) is 5.32 Å². The fourth-order valence-electron chi connectivity index (χ4n) is 2.67. The van der Waals surface area contributed by atoms with Crippen LogP contribution < -0.4 is 20.1 Å². The van der Waals surface area contributed by atoms with Crippen LogP contribution >= 0.6 is 0 Å². The normalized spacial score (nSPS) is 14.1. The third kappa shape index (κ3) is 4.96. The number of carbonyl (C=O) groups excluding carboxylic acids is 2. The van der Waals surface area contributed by atoms with E-state index in [-0.39, 0.29) is 6.54 Å². The van der Waals surface area contributed by atoms with Gasteiger partial charge in [-0.05, 0) is 29.8 Å². The number of rotatable bonds is 4. The van der Waals surface area contributed by atoms with E-state index in [1.54, 1.807) is 18.2 Å². The topological polar surface area (TPSA) is 96.9 Å². The Hall–Kier alpha value is -3.27. The summed E-state index contributed by atoms with van der Waals surface area (Å²) in [4.78, 5) is 23.8. The van der Waals surface area contributed by atoms with E-state index in [0.29, 0.717) is 30.3 Å². The SMILES string of the molecule is O=C(NC[C@@H](O)c1ccc2c(c1)OCCO2)C(=O)Nc1ccccc1C(F)(F)F. The lowest BCUT2D eigenvalue weighted by Crippen LogP contribution is -2.38. The summed E-state index contributed by atoms with van der Waals surface area (Å²) in [5, 5.41) is 14.3. The maximum atomic E-state index is 13.0. The van der Waals surface area contributed by atoms with E-state index in [0.717, 1.165) is 12.1 Å². The van der Waals surface area contributed by atoms with Gasteiger partial charge in [-0.3, -0.25) is 9.59 Å². The Kier molecular flexibility index (Phi) is 5.92. The standard InChI is InChI=1S/C19H17F3N2O5/c20-19(21,22)12-3-1-2-4-13(12)24-18(27)17(26)23-10-14(25)11-5-6-15-16(9-11)29-8-7-28-15/h1-6,9,14,25H,7-8,10H2,(H,23,26)(H,24,27)/t14-/m1/s1. The number of aliphatic hydroxyl groups is 1. The Morgan fingerprint density at radius 1 is 1.03 bits per heavy atom. The lowest BCUT2D eigenvalue weighted by atomic mass is 10.1. The molecule has 0 spiro atoms. The molecule has 7 nitrogen and oxygen atoms in total. The molecule has 0 aliphatic carbocycles. The van der Waals surface area contributed by atoms with E-state index in [1.807, 2.05) is 5.32 Å². The zero-order valence-corrected chi connectivity index (χ0v) is 15.0. The molecule has 154 valence electrons. The molecule has 0 fully saturated rings. The van der Waals surface area contributed by atoms with Crippen molar-refractivity contribution in [2.24, 2.45) is 0 Å². The molecule has 2 aromatic carbocycles. The van der Waals surface area contributed by atoms with Gasteiger partial charge in [0.05, 0.1) is 17.4 Å². The number of hydrogen-bond acceptors (Lipinski definition) is 5. The summed E-state index contributed by atoms with van der Waals surface area (Å²) in [6, 6.07) is 9.03. The first kappa shape index (κ1) is 20.5. The minimum absolute atomic E-state index is 0.327. The van der Waals surface area contributed by atoms with Crippen molar-refractivity contribution in [1.29, 1.82) is 0 Å². The Morgan fingerprint density at radius 2 is 1.72 bits per heavy atom. The average molecular weight is 410 g/mol. The van der Waals surface area contributed by atoms with Gasteiger partial charge in [-0.1, -0.05) is 18.2 Å². The number of ether oxygens (including phenoxy) is 2. The molecule has 0 aromatic heterocycles. The minimum Gasteiger partial charge on any atom is -0.486 e. The van der Waals surface area contributed by atoms with Gasteiger partial charge < -0.3 is 25.2 Å². The van der Waals surface area contributed by atoms with Crippen molar-refractivity contribution in [3.63, 3.8) is 0 Å². The highest BCUT2D eigenvalue weighted by atomic mass is 19.4. The molecule has 0 saturated heterocycles. The lowest BCUT2D eigenvalue weighted by Gasteiger charge is -2.20. The van der Waals surface area contributed by atoms with Crippen molar-refractivity contribution in [3.05, 3.63) is 53.6 Å². The fraction of sp³-hybridized carbons (Fsp3) is 0.263. The van der Waals surface area contributed by atoms with Crippen LogP contribution in [0.2, 0.25) is 0 Å². The Morgan fingerprint density at radius 3 is 2.45 bits per heavy atom. The first-order valence-electron chi connectivity index (χ1n) is 8.58. The predicted molar refractivity (Wildman–Crippen MR) is 95.5 cm³/mol. The van der Waals surface area contributed by atoms with Crippen LogP contribution in [0.15, 0.2) is 42.5 Å². The molecule has 1 atom stereocenters. The Balaban J connectivity index is 1.59. The van der Waals surface area contributed by atoms with Crippen molar-refractivity contribution in [2.45, 2.75) is 12.3 Å². The molecule has 1 aliphatic heterocycles. The third-order valence-electron chi connectivity index (χ3n) is 4.09. The van der Waals surface area contributed by atoms with Crippen molar-refractivity contribution in [2.75, 3.05) is 25.1 Å². The number of alkyl halides is 3. The first-order chi connectivity index (χ1) is 13.8. The van der Waals surface area contributed by atoms with Crippen LogP contribution in [0.5, 0.6) is 11.5 Å². The average Bonchev–Trinajstić information content (AvgIpc) is 2.70. The van der Waals surface area contributed by atoms with E-state index in [9.17, 15) is 27.9 Å². The summed E-state index contributed by atoms with van der Waals surface area (Å²) in [5.74, 6) is -1.49. The number of aliphatic hydroxyl groups excluding tert-OH is 1. The van der Waals surface area contributed by atoms with Gasteiger partial charge in [0.25, 0.3) is 0 Å². The quantitative estimate of drug-likeness (QED) is 0.672. The number of carbonyl (C=O) groups is 2. The molecule has 1 heterocycles. The summed E-state index contributed by atoms with van der Waals surface area (Å²) in [6.45, 7) is 0.452. The van der Waals surface area contributed by atoms with Gasteiger partial charge in [0.2, 0.25) is 0 Å². The maximum Gasteiger partial charge on any atom is 0.418 e. The molecule has 3 rings (SSSR count). The van der Waals surface area contributed by atoms with Gasteiger partial charge in [-0.15, -0.1) is 0 Å². The number of para-hydroxylation sites is 1. The van der Waals surface area contributed by atoms with E-state index in [4.69, 9.17) is 9.47 Å². The molecule has 0 radical (unpaired) electrons. The summed E-state index contributed by atoms with van der Waals surface area (Å²) in [6.07, 6.45) is -5.85. The van der Waals surface area contributed by atoms with Gasteiger partial charge >= 0.3 is 18.0 Å². The second-order valence-electron chi connectivity index (χ2n) is 6.13. The largest absolute Gasteiger partial charge is 0.486 e. The second-order valence-corrected chi connectivity index (χ2v) is 6.13. The van der Waals surface area contributed by atoms with Crippen LogP contribution in [0.4, 0.5) is 18.9 Å². The Bertz CT molecular complexity index is 917. The number of anilines is 1. The zero-order valence-electron chi connectivity index (χ0n) is 15.0. The van der Waals surface area contributed by atoms with Crippen molar-refractivity contribution < 1.29 is 37.3 Å². The molecular formula is C19H17F3N2O5.